The van der Waals surface area contributed by atoms with Gasteiger partial charge < -0.3 is 0 Å². The van der Waals surface area contributed by atoms with Gasteiger partial charge in [-0.25, -0.2) is 0 Å². The summed E-state index contributed by atoms with van der Waals surface area (Å²) < 4.78 is 29.1. The van der Waals surface area contributed by atoms with Crippen LogP contribution in [-0.2, 0) is 10.1 Å². The first kappa shape index (κ1) is 7.02. The Balaban J connectivity index is 2.53. The van der Waals surface area contributed by atoms with Gasteiger partial charge in [0.05, 0.1) is 5.25 Å². The van der Waals surface area contributed by atoms with Crippen LogP contribution in [0.15, 0.2) is 0 Å². The largest absolute Gasteiger partial charge is 0.285 e. The highest BCUT2D eigenvalue weighted by atomic mass is 32.2. The van der Waals surface area contributed by atoms with Crippen molar-refractivity contribution in [2.24, 2.45) is 5.92 Å². The van der Waals surface area contributed by atoms with Gasteiger partial charge in [-0.15, -0.1) is 0 Å². The molecule has 0 heterocycles. The summed E-state index contributed by atoms with van der Waals surface area (Å²) in [5.41, 5.74) is 0. The van der Waals surface area contributed by atoms with Crippen LogP contribution in [0, 0.1) is 5.92 Å². The maximum absolute atomic E-state index is 10.3. The lowest BCUT2D eigenvalue weighted by atomic mass is 10.3. The van der Waals surface area contributed by atoms with Crippen molar-refractivity contribution in [3.05, 3.63) is 0 Å². The molecule has 1 fully saturated rings. The summed E-state index contributed by atoms with van der Waals surface area (Å²) in [6.07, 6.45) is 1.50. The van der Waals surface area contributed by atoms with Crippen LogP contribution in [0.5, 0.6) is 0 Å². The van der Waals surface area contributed by atoms with E-state index in [2.05, 4.69) is 0 Å². The molecule has 4 heteroatoms. The van der Waals surface area contributed by atoms with Crippen molar-refractivity contribution in [3.8, 4) is 0 Å². The zero-order valence-electron chi connectivity index (χ0n) is 5.24. The van der Waals surface area contributed by atoms with Crippen molar-refractivity contribution in [2.45, 2.75) is 25.0 Å². The third kappa shape index (κ3) is 1.43. The van der Waals surface area contributed by atoms with Crippen molar-refractivity contribution < 1.29 is 13.0 Å². The van der Waals surface area contributed by atoms with E-state index in [9.17, 15) is 8.42 Å². The van der Waals surface area contributed by atoms with Gasteiger partial charge in [0, 0.05) is 0 Å². The molecule has 1 rings (SSSR count). The van der Waals surface area contributed by atoms with Crippen LogP contribution in [0.1, 0.15) is 19.8 Å². The molecule has 2 atom stereocenters. The predicted octanol–water partition coefficient (Wildman–Crippen LogP) is 0.673. The van der Waals surface area contributed by atoms with Crippen LogP contribution in [-0.4, -0.2) is 18.2 Å². The SMILES string of the molecule is CC[C@H]1C[C@H]1S(=O)(=O)O. The van der Waals surface area contributed by atoms with Crippen molar-refractivity contribution in [2.75, 3.05) is 0 Å². The highest BCUT2D eigenvalue weighted by molar-refractivity contribution is 7.86. The van der Waals surface area contributed by atoms with Gasteiger partial charge in [-0.1, -0.05) is 13.3 Å². The van der Waals surface area contributed by atoms with Gasteiger partial charge >= 0.3 is 0 Å². The molecule has 1 N–H and O–H groups in total. The lowest BCUT2D eigenvalue weighted by Gasteiger charge is -1.89. The summed E-state index contributed by atoms with van der Waals surface area (Å²) in [5, 5.41) is -0.442. The molecule has 0 bridgehead atoms. The quantitative estimate of drug-likeness (QED) is 0.589. The Hall–Kier alpha value is -0.0900. The second kappa shape index (κ2) is 1.95. The average molecular weight is 150 g/mol. The van der Waals surface area contributed by atoms with Gasteiger partial charge in [0.15, 0.2) is 0 Å². The Morgan fingerprint density at radius 2 is 2.22 bits per heavy atom. The molecular weight excluding hydrogens is 140 g/mol. The molecule has 0 amide bonds. The van der Waals surface area contributed by atoms with Crippen LogP contribution in [0.3, 0.4) is 0 Å². The van der Waals surface area contributed by atoms with E-state index in [1.807, 2.05) is 6.92 Å². The van der Waals surface area contributed by atoms with Gasteiger partial charge in [0.25, 0.3) is 10.1 Å². The lowest BCUT2D eigenvalue weighted by molar-refractivity contribution is 0.478. The monoisotopic (exact) mass is 150 g/mol. The maximum Gasteiger partial charge on any atom is 0.268 e. The molecule has 0 radical (unpaired) electrons. The average Bonchev–Trinajstić information content (AvgIpc) is 2.39. The minimum atomic E-state index is -3.69. The highest BCUT2D eigenvalue weighted by Gasteiger charge is 2.44. The fourth-order valence-electron chi connectivity index (χ4n) is 1.01. The van der Waals surface area contributed by atoms with Crippen molar-refractivity contribution >= 4 is 10.1 Å². The summed E-state index contributed by atoms with van der Waals surface area (Å²) in [7, 11) is -3.69. The molecule has 1 aliphatic rings. The van der Waals surface area contributed by atoms with Gasteiger partial charge in [0.1, 0.15) is 0 Å². The van der Waals surface area contributed by atoms with Gasteiger partial charge in [-0.2, -0.15) is 8.42 Å². The summed E-state index contributed by atoms with van der Waals surface area (Å²) in [6, 6.07) is 0. The smallest absolute Gasteiger partial charge is 0.268 e. The maximum atomic E-state index is 10.3. The number of rotatable bonds is 2. The van der Waals surface area contributed by atoms with Crippen LogP contribution in [0.4, 0.5) is 0 Å². The third-order valence-corrected chi connectivity index (χ3v) is 3.11. The van der Waals surface area contributed by atoms with E-state index >= 15 is 0 Å². The molecule has 54 valence electrons. The summed E-state index contributed by atoms with van der Waals surface area (Å²) >= 11 is 0. The molecule has 0 aliphatic heterocycles. The first-order chi connectivity index (χ1) is 4.05. The van der Waals surface area contributed by atoms with Crippen molar-refractivity contribution in [1.29, 1.82) is 0 Å². The van der Waals surface area contributed by atoms with E-state index in [1.165, 1.54) is 0 Å². The van der Waals surface area contributed by atoms with Crippen LogP contribution >= 0.6 is 0 Å². The molecule has 3 nitrogen and oxygen atoms in total. The van der Waals surface area contributed by atoms with Crippen LogP contribution in [0.2, 0.25) is 0 Å². The molecule has 1 aliphatic carbocycles. The molecule has 0 aromatic carbocycles. The van der Waals surface area contributed by atoms with E-state index in [0.717, 1.165) is 6.42 Å². The normalized spacial score (nSPS) is 34.4. The second-order valence-electron chi connectivity index (χ2n) is 2.46. The summed E-state index contributed by atoms with van der Waals surface area (Å²) in [6.45, 7) is 1.93. The Labute approximate surface area is 54.8 Å². The second-order valence-corrected chi connectivity index (χ2v) is 4.09. The van der Waals surface area contributed by atoms with Gasteiger partial charge in [-0.05, 0) is 12.3 Å². The zero-order chi connectivity index (χ0) is 7.07. The number of hydrogen-bond acceptors (Lipinski definition) is 2. The fraction of sp³-hybridized carbons (Fsp3) is 1.00. The molecule has 0 spiro atoms. The minimum Gasteiger partial charge on any atom is -0.285 e. The Morgan fingerprint density at radius 1 is 1.67 bits per heavy atom. The standard InChI is InChI=1S/C5H10O3S/c1-2-4-3-5(4)9(6,7)8/h4-5H,2-3H2,1H3,(H,6,7,8)/t4-,5+/m0/s1. The predicted molar refractivity (Wildman–Crippen MR) is 33.7 cm³/mol. The Morgan fingerprint density at radius 3 is 2.33 bits per heavy atom. The Kier molecular flexibility index (Phi) is 1.52. The van der Waals surface area contributed by atoms with E-state index in [-0.39, 0.29) is 5.92 Å². The minimum absolute atomic E-state index is 0.222. The lowest BCUT2D eigenvalue weighted by Crippen LogP contribution is -2.05. The molecule has 0 unspecified atom stereocenters. The van der Waals surface area contributed by atoms with Crippen LogP contribution in [0.25, 0.3) is 0 Å². The summed E-state index contributed by atoms with van der Waals surface area (Å²) in [4.78, 5) is 0. The summed E-state index contributed by atoms with van der Waals surface area (Å²) in [5.74, 6) is 0.222. The van der Waals surface area contributed by atoms with Crippen molar-refractivity contribution in [1.82, 2.24) is 0 Å². The first-order valence-electron chi connectivity index (χ1n) is 3.02. The highest BCUT2D eigenvalue weighted by Crippen LogP contribution is 2.38. The molecule has 0 saturated heterocycles. The van der Waals surface area contributed by atoms with E-state index in [4.69, 9.17) is 4.55 Å². The third-order valence-electron chi connectivity index (χ3n) is 1.76. The molecule has 0 aromatic heterocycles. The van der Waals surface area contributed by atoms with E-state index < -0.39 is 15.4 Å². The number of hydrogen-bond donors (Lipinski definition) is 1. The topological polar surface area (TPSA) is 54.4 Å². The molecule has 9 heavy (non-hydrogen) atoms. The molecular formula is C5H10O3S. The van der Waals surface area contributed by atoms with Crippen LogP contribution < -0.4 is 0 Å². The molecule has 0 aromatic rings. The van der Waals surface area contributed by atoms with Crippen molar-refractivity contribution in [3.63, 3.8) is 0 Å². The Bertz CT molecular complexity index is 194. The fourth-order valence-corrected chi connectivity index (χ4v) is 2.18. The van der Waals surface area contributed by atoms with E-state index in [0.29, 0.717) is 6.42 Å². The van der Waals surface area contributed by atoms with E-state index in [1.54, 1.807) is 0 Å². The van der Waals surface area contributed by atoms with Gasteiger partial charge in [0.2, 0.25) is 0 Å². The first-order valence-corrected chi connectivity index (χ1v) is 4.52. The zero-order valence-corrected chi connectivity index (χ0v) is 6.06. The molecule has 1 saturated carbocycles. The van der Waals surface area contributed by atoms with Gasteiger partial charge in [-0.3, -0.25) is 4.55 Å².